The third-order valence-corrected chi connectivity index (χ3v) is 2.96. The number of rotatable bonds is 6. The average Bonchev–Trinajstić information content (AvgIpc) is 2.48. The molecule has 0 radical (unpaired) electrons. The summed E-state index contributed by atoms with van der Waals surface area (Å²) < 4.78 is 10.5. The van der Waals surface area contributed by atoms with Crippen LogP contribution in [0.2, 0.25) is 0 Å². The lowest BCUT2D eigenvalue weighted by Crippen LogP contribution is -2.04. The fourth-order valence-electron chi connectivity index (χ4n) is 1.94. The molecule has 0 heterocycles. The van der Waals surface area contributed by atoms with Crippen molar-refractivity contribution in [2.75, 3.05) is 26.1 Å². The van der Waals surface area contributed by atoms with Gasteiger partial charge in [-0.25, -0.2) is 0 Å². The minimum Gasteiger partial charge on any atom is -0.493 e. The standard InChI is InChI=1S/C16H19NO2/c1-18-15-9-8-13(12-16(15)19-2)10-11-17-14-6-4-3-5-7-14/h3-9,12,17H,10-11H2,1-2H3. The minimum atomic E-state index is 0.766. The van der Waals surface area contributed by atoms with Gasteiger partial charge in [0.15, 0.2) is 11.5 Å². The molecule has 0 unspecified atom stereocenters. The maximum Gasteiger partial charge on any atom is 0.160 e. The minimum absolute atomic E-state index is 0.766. The van der Waals surface area contributed by atoms with Crippen LogP contribution in [0.5, 0.6) is 11.5 Å². The molecule has 0 saturated carbocycles. The van der Waals surface area contributed by atoms with Crippen LogP contribution in [0.1, 0.15) is 5.56 Å². The first-order valence-electron chi connectivity index (χ1n) is 6.33. The zero-order valence-corrected chi connectivity index (χ0v) is 11.3. The molecule has 2 aromatic rings. The Hall–Kier alpha value is -2.16. The second kappa shape index (κ2) is 6.69. The van der Waals surface area contributed by atoms with E-state index in [0.717, 1.165) is 30.2 Å². The van der Waals surface area contributed by atoms with Crippen LogP contribution in [0.4, 0.5) is 5.69 Å². The molecular formula is C16H19NO2. The van der Waals surface area contributed by atoms with Crippen molar-refractivity contribution in [3.63, 3.8) is 0 Å². The summed E-state index contributed by atoms with van der Waals surface area (Å²) in [6, 6.07) is 16.2. The van der Waals surface area contributed by atoms with Crippen LogP contribution < -0.4 is 14.8 Å². The Bertz CT molecular complexity index is 511. The molecule has 0 aromatic heterocycles. The van der Waals surface area contributed by atoms with Crippen molar-refractivity contribution in [1.29, 1.82) is 0 Å². The van der Waals surface area contributed by atoms with Crippen molar-refractivity contribution in [1.82, 2.24) is 0 Å². The van der Waals surface area contributed by atoms with Gasteiger partial charge in [-0.1, -0.05) is 24.3 Å². The molecule has 19 heavy (non-hydrogen) atoms. The van der Waals surface area contributed by atoms with Crippen molar-refractivity contribution >= 4 is 5.69 Å². The molecule has 0 fully saturated rings. The second-order valence-electron chi connectivity index (χ2n) is 4.23. The predicted molar refractivity (Wildman–Crippen MR) is 78.2 cm³/mol. The monoisotopic (exact) mass is 257 g/mol. The maximum absolute atomic E-state index is 5.30. The van der Waals surface area contributed by atoms with Crippen molar-refractivity contribution in [3.8, 4) is 11.5 Å². The van der Waals surface area contributed by atoms with E-state index in [9.17, 15) is 0 Å². The summed E-state index contributed by atoms with van der Waals surface area (Å²) in [6.07, 6.45) is 0.940. The van der Waals surface area contributed by atoms with E-state index in [1.807, 2.05) is 30.3 Å². The summed E-state index contributed by atoms with van der Waals surface area (Å²) in [7, 11) is 3.30. The number of para-hydroxylation sites is 1. The maximum atomic E-state index is 5.30. The molecule has 3 nitrogen and oxygen atoms in total. The molecule has 0 aliphatic heterocycles. The van der Waals surface area contributed by atoms with Gasteiger partial charge in [0.2, 0.25) is 0 Å². The van der Waals surface area contributed by atoms with Gasteiger partial charge in [0.1, 0.15) is 0 Å². The number of methoxy groups -OCH3 is 2. The van der Waals surface area contributed by atoms with Gasteiger partial charge in [0.05, 0.1) is 14.2 Å². The van der Waals surface area contributed by atoms with Crippen LogP contribution in [-0.4, -0.2) is 20.8 Å². The highest BCUT2D eigenvalue weighted by Crippen LogP contribution is 2.27. The third kappa shape index (κ3) is 3.65. The lowest BCUT2D eigenvalue weighted by atomic mass is 10.1. The van der Waals surface area contributed by atoms with E-state index in [0.29, 0.717) is 0 Å². The highest BCUT2D eigenvalue weighted by Gasteiger charge is 2.04. The number of hydrogen-bond donors (Lipinski definition) is 1. The molecule has 0 atom stereocenters. The number of anilines is 1. The summed E-state index contributed by atoms with van der Waals surface area (Å²) in [5.74, 6) is 1.54. The van der Waals surface area contributed by atoms with Crippen LogP contribution in [0.25, 0.3) is 0 Å². The fourth-order valence-corrected chi connectivity index (χ4v) is 1.94. The number of nitrogens with one attached hydrogen (secondary N) is 1. The van der Waals surface area contributed by atoms with Gasteiger partial charge >= 0.3 is 0 Å². The van der Waals surface area contributed by atoms with E-state index in [1.165, 1.54) is 5.56 Å². The quantitative estimate of drug-likeness (QED) is 0.860. The van der Waals surface area contributed by atoms with E-state index in [4.69, 9.17) is 9.47 Å². The van der Waals surface area contributed by atoms with Crippen molar-refractivity contribution in [2.24, 2.45) is 0 Å². The number of benzene rings is 2. The lowest BCUT2D eigenvalue weighted by Gasteiger charge is -2.10. The Kier molecular flexibility index (Phi) is 4.67. The summed E-state index contributed by atoms with van der Waals surface area (Å²) in [4.78, 5) is 0. The van der Waals surface area contributed by atoms with Gasteiger partial charge in [-0.05, 0) is 36.2 Å². The highest BCUT2D eigenvalue weighted by molar-refractivity contribution is 5.44. The Morgan fingerprint density at radius 1 is 0.895 bits per heavy atom. The highest BCUT2D eigenvalue weighted by atomic mass is 16.5. The van der Waals surface area contributed by atoms with E-state index in [-0.39, 0.29) is 0 Å². The summed E-state index contributed by atoms with van der Waals surface area (Å²) >= 11 is 0. The zero-order chi connectivity index (χ0) is 13.5. The summed E-state index contributed by atoms with van der Waals surface area (Å²) in [6.45, 7) is 0.888. The van der Waals surface area contributed by atoms with Crippen molar-refractivity contribution in [3.05, 3.63) is 54.1 Å². The predicted octanol–water partition coefficient (Wildman–Crippen LogP) is 3.36. The molecule has 0 aliphatic rings. The number of ether oxygens (including phenoxy) is 2. The topological polar surface area (TPSA) is 30.5 Å². The average molecular weight is 257 g/mol. The van der Waals surface area contributed by atoms with Gasteiger partial charge in [-0.3, -0.25) is 0 Å². The molecule has 0 saturated heterocycles. The molecular weight excluding hydrogens is 238 g/mol. The second-order valence-corrected chi connectivity index (χ2v) is 4.23. The SMILES string of the molecule is COc1ccc(CCNc2ccccc2)cc1OC. The fraction of sp³-hybridized carbons (Fsp3) is 0.250. The first-order chi connectivity index (χ1) is 9.33. The number of hydrogen-bond acceptors (Lipinski definition) is 3. The van der Waals surface area contributed by atoms with Gasteiger partial charge in [0.25, 0.3) is 0 Å². The molecule has 0 aliphatic carbocycles. The van der Waals surface area contributed by atoms with Crippen molar-refractivity contribution < 1.29 is 9.47 Å². The van der Waals surface area contributed by atoms with E-state index in [1.54, 1.807) is 14.2 Å². The molecule has 1 N–H and O–H groups in total. The Morgan fingerprint density at radius 3 is 2.32 bits per heavy atom. The molecule has 0 spiro atoms. The van der Waals surface area contributed by atoms with Crippen LogP contribution in [0, 0.1) is 0 Å². The molecule has 2 rings (SSSR count). The zero-order valence-electron chi connectivity index (χ0n) is 11.3. The van der Waals surface area contributed by atoms with E-state index >= 15 is 0 Å². The molecule has 0 bridgehead atoms. The van der Waals surface area contributed by atoms with E-state index < -0.39 is 0 Å². The summed E-state index contributed by atoms with van der Waals surface area (Å²) in [5.41, 5.74) is 2.36. The Morgan fingerprint density at radius 2 is 1.63 bits per heavy atom. The van der Waals surface area contributed by atoms with Crippen molar-refractivity contribution in [2.45, 2.75) is 6.42 Å². The van der Waals surface area contributed by atoms with Gasteiger partial charge in [0, 0.05) is 12.2 Å². The van der Waals surface area contributed by atoms with Gasteiger partial charge in [-0.15, -0.1) is 0 Å². The van der Waals surface area contributed by atoms with Crippen LogP contribution in [0.15, 0.2) is 48.5 Å². The first kappa shape index (κ1) is 13.3. The molecule has 0 amide bonds. The molecule has 2 aromatic carbocycles. The van der Waals surface area contributed by atoms with E-state index in [2.05, 4.69) is 23.5 Å². The Labute approximate surface area is 114 Å². The largest absolute Gasteiger partial charge is 0.493 e. The molecule has 100 valence electrons. The molecule has 3 heteroatoms. The smallest absolute Gasteiger partial charge is 0.160 e. The Balaban J connectivity index is 1.93. The summed E-state index contributed by atoms with van der Waals surface area (Å²) in [5, 5.41) is 3.39. The lowest BCUT2D eigenvalue weighted by molar-refractivity contribution is 0.354. The van der Waals surface area contributed by atoms with Crippen LogP contribution >= 0.6 is 0 Å². The van der Waals surface area contributed by atoms with Crippen LogP contribution in [-0.2, 0) is 6.42 Å². The first-order valence-corrected chi connectivity index (χ1v) is 6.33. The van der Waals surface area contributed by atoms with Gasteiger partial charge in [-0.2, -0.15) is 0 Å². The third-order valence-electron chi connectivity index (χ3n) is 2.96. The van der Waals surface area contributed by atoms with Crippen LogP contribution in [0.3, 0.4) is 0 Å². The normalized spacial score (nSPS) is 10.0. The van der Waals surface area contributed by atoms with Gasteiger partial charge < -0.3 is 14.8 Å².